The fourth-order valence-electron chi connectivity index (χ4n) is 2.85. The highest BCUT2D eigenvalue weighted by molar-refractivity contribution is 7.99. The highest BCUT2D eigenvalue weighted by Crippen LogP contribution is 2.24. The minimum absolute atomic E-state index is 0.0362. The first kappa shape index (κ1) is 25.9. The maximum Gasteiger partial charge on any atom is 0.242 e. The number of hydrogen-bond acceptors (Lipinski definition) is 3. The van der Waals surface area contributed by atoms with Crippen molar-refractivity contribution < 1.29 is 9.59 Å². The second-order valence-electron chi connectivity index (χ2n) is 7.39. The van der Waals surface area contributed by atoms with Gasteiger partial charge in [0, 0.05) is 23.4 Å². The molecular weight excluding hydrogens is 475 g/mol. The van der Waals surface area contributed by atoms with Crippen LogP contribution in [-0.4, -0.2) is 34.6 Å². The average Bonchev–Trinajstić information content (AvgIpc) is 2.73. The topological polar surface area (TPSA) is 49.4 Å². The van der Waals surface area contributed by atoms with Gasteiger partial charge in [0.1, 0.15) is 6.04 Å². The van der Waals surface area contributed by atoms with Crippen LogP contribution < -0.4 is 5.32 Å². The number of nitrogens with one attached hydrogen (secondary N) is 1. The summed E-state index contributed by atoms with van der Waals surface area (Å²) < 4.78 is 0. The molecule has 8 heteroatoms. The first-order valence-electron chi connectivity index (χ1n) is 10.1. The number of thioether (sulfide) groups is 1. The van der Waals surface area contributed by atoms with Crippen LogP contribution in [0.5, 0.6) is 0 Å². The van der Waals surface area contributed by atoms with Crippen molar-refractivity contribution >= 4 is 58.4 Å². The van der Waals surface area contributed by atoms with Crippen LogP contribution in [-0.2, 0) is 21.9 Å². The second kappa shape index (κ2) is 12.6. The van der Waals surface area contributed by atoms with Gasteiger partial charge in [-0.1, -0.05) is 59.9 Å². The van der Waals surface area contributed by atoms with Gasteiger partial charge in [-0.3, -0.25) is 9.59 Å². The molecule has 0 spiro atoms. The summed E-state index contributed by atoms with van der Waals surface area (Å²) in [6, 6.07) is 12.2. The van der Waals surface area contributed by atoms with Gasteiger partial charge >= 0.3 is 0 Å². The Hall–Kier alpha value is -1.40. The van der Waals surface area contributed by atoms with Crippen LogP contribution in [0.15, 0.2) is 42.5 Å². The molecule has 0 aliphatic rings. The minimum Gasteiger partial charge on any atom is -0.352 e. The summed E-state index contributed by atoms with van der Waals surface area (Å²) in [5, 5.41) is 4.49. The smallest absolute Gasteiger partial charge is 0.242 e. The van der Waals surface area contributed by atoms with Crippen molar-refractivity contribution in [3.05, 3.63) is 68.7 Å². The van der Waals surface area contributed by atoms with E-state index in [2.05, 4.69) is 5.32 Å². The van der Waals surface area contributed by atoms with Crippen molar-refractivity contribution in [3.63, 3.8) is 0 Å². The Morgan fingerprint density at radius 1 is 1.03 bits per heavy atom. The van der Waals surface area contributed by atoms with Crippen LogP contribution in [0.2, 0.25) is 15.1 Å². The summed E-state index contributed by atoms with van der Waals surface area (Å²) >= 11 is 19.7. The summed E-state index contributed by atoms with van der Waals surface area (Å²) in [5.74, 6) is 0.599. The van der Waals surface area contributed by atoms with Crippen LogP contribution in [0, 0.1) is 0 Å². The highest BCUT2D eigenvalue weighted by Gasteiger charge is 2.26. The Kier molecular flexibility index (Phi) is 10.5. The molecule has 0 saturated carbocycles. The first-order valence-corrected chi connectivity index (χ1v) is 12.4. The molecule has 0 aliphatic carbocycles. The van der Waals surface area contributed by atoms with Gasteiger partial charge < -0.3 is 10.2 Å². The maximum atomic E-state index is 13.1. The zero-order valence-electron chi connectivity index (χ0n) is 17.8. The van der Waals surface area contributed by atoms with E-state index in [1.54, 1.807) is 24.0 Å². The molecule has 0 heterocycles. The number of nitrogens with zero attached hydrogens (tertiary/aromatic N) is 1. The van der Waals surface area contributed by atoms with Crippen molar-refractivity contribution in [3.8, 4) is 0 Å². The SMILES string of the molecule is CC[C@@H](C)NC(=O)[C@H](C)N(Cc1ccc(Cl)c(Cl)c1)C(=O)CSCc1cccc(Cl)c1. The molecule has 0 radical (unpaired) electrons. The molecule has 31 heavy (non-hydrogen) atoms. The fraction of sp³-hybridized carbons (Fsp3) is 0.391. The zero-order valence-corrected chi connectivity index (χ0v) is 20.9. The summed E-state index contributed by atoms with van der Waals surface area (Å²) in [6.07, 6.45) is 0.814. The van der Waals surface area contributed by atoms with Gasteiger partial charge in [-0.25, -0.2) is 0 Å². The Bertz CT molecular complexity index is 910. The molecule has 0 saturated heterocycles. The number of rotatable bonds is 10. The van der Waals surface area contributed by atoms with Crippen molar-refractivity contribution in [2.24, 2.45) is 0 Å². The van der Waals surface area contributed by atoms with E-state index in [9.17, 15) is 9.59 Å². The van der Waals surface area contributed by atoms with Gasteiger partial charge in [0.25, 0.3) is 0 Å². The van der Waals surface area contributed by atoms with Gasteiger partial charge in [0.2, 0.25) is 11.8 Å². The van der Waals surface area contributed by atoms with Crippen LogP contribution in [0.1, 0.15) is 38.3 Å². The van der Waals surface area contributed by atoms with Gasteiger partial charge in [-0.05, 0) is 55.7 Å². The number of carbonyl (C=O) groups is 2. The second-order valence-corrected chi connectivity index (χ2v) is 9.62. The summed E-state index contributed by atoms with van der Waals surface area (Å²) in [7, 11) is 0. The van der Waals surface area contributed by atoms with E-state index in [-0.39, 0.29) is 30.2 Å². The molecule has 2 amide bonds. The molecular formula is C23H27Cl3N2O2S. The molecule has 2 aromatic rings. The van der Waals surface area contributed by atoms with Crippen molar-refractivity contribution in [1.29, 1.82) is 0 Å². The standard InChI is InChI=1S/C23H27Cl3N2O2S/c1-4-15(2)27-23(30)16(3)28(12-17-8-9-20(25)21(26)11-17)22(29)14-31-13-18-6-5-7-19(24)10-18/h5-11,15-16H,4,12-14H2,1-3H3,(H,27,30)/t15-,16+/m1/s1. The fourth-order valence-corrected chi connectivity index (χ4v) is 4.24. The van der Waals surface area contributed by atoms with E-state index in [4.69, 9.17) is 34.8 Å². The van der Waals surface area contributed by atoms with Crippen molar-refractivity contribution in [2.45, 2.75) is 51.6 Å². The van der Waals surface area contributed by atoms with E-state index in [0.717, 1.165) is 17.5 Å². The molecule has 0 unspecified atom stereocenters. The molecule has 1 N–H and O–H groups in total. The lowest BCUT2D eigenvalue weighted by atomic mass is 10.1. The third-order valence-corrected chi connectivity index (χ3v) is 6.85. The lowest BCUT2D eigenvalue weighted by Gasteiger charge is -2.29. The molecule has 168 valence electrons. The molecule has 4 nitrogen and oxygen atoms in total. The van der Waals surface area contributed by atoms with E-state index >= 15 is 0 Å². The van der Waals surface area contributed by atoms with Crippen LogP contribution in [0.4, 0.5) is 0 Å². The minimum atomic E-state index is -0.622. The lowest BCUT2D eigenvalue weighted by Crippen LogP contribution is -2.50. The normalized spacial score (nSPS) is 12.8. The number of amides is 2. The molecule has 0 bridgehead atoms. The van der Waals surface area contributed by atoms with Gasteiger partial charge in [-0.15, -0.1) is 11.8 Å². The first-order chi connectivity index (χ1) is 14.7. The van der Waals surface area contributed by atoms with Gasteiger partial charge in [-0.2, -0.15) is 0 Å². The molecule has 0 aliphatic heterocycles. The van der Waals surface area contributed by atoms with E-state index < -0.39 is 6.04 Å². The largest absolute Gasteiger partial charge is 0.352 e. The van der Waals surface area contributed by atoms with Crippen LogP contribution in [0.25, 0.3) is 0 Å². The Labute approximate surface area is 203 Å². The third kappa shape index (κ3) is 8.23. The van der Waals surface area contributed by atoms with Crippen molar-refractivity contribution in [1.82, 2.24) is 10.2 Å². The molecule has 2 rings (SSSR count). The highest BCUT2D eigenvalue weighted by atomic mass is 35.5. The molecule has 0 fully saturated rings. The Balaban J connectivity index is 2.11. The van der Waals surface area contributed by atoms with Crippen molar-refractivity contribution in [2.75, 3.05) is 5.75 Å². The molecule has 2 atom stereocenters. The summed E-state index contributed by atoms with van der Waals surface area (Å²) in [6.45, 7) is 5.95. The number of carbonyl (C=O) groups excluding carboxylic acids is 2. The van der Waals surface area contributed by atoms with Gasteiger partial charge in [0.05, 0.1) is 15.8 Å². The van der Waals surface area contributed by atoms with E-state index in [1.807, 2.05) is 44.2 Å². The zero-order chi connectivity index (χ0) is 23.0. The number of halogens is 3. The Morgan fingerprint density at radius 2 is 1.77 bits per heavy atom. The molecule has 0 aromatic heterocycles. The monoisotopic (exact) mass is 500 g/mol. The summed E-state index contributed by atoms with van der Waals surface area (Å²) in [4.78, 5) is 27.4. The van der Waals surface area contributed by atoms with E-state index in [1.165, 1.54) is 11.8 Å². The van der Waals surface area contributed by atoms with E-state index in [0.29, 0.717) is 20.8 Å². The predicted octanol–water partition coefficient (Wildman–Crippen LogP) is 6.21. The average molecular weight is 502 g/mol. The summed E-state index contributed by atoms with van der Waals surface area (Å²) in [5.41, 5.74) is 1.86. The van der Waals surface area contributed by atoms with Crippen LogP contribution >= 0.6 is 46.6 Å². The van der Waals surface area contributed by atoms with Gasteiger partial charge in [0.15, 0.2) is 0 Å². The quantitative estimate of drug-likeness (QED) is 0.421. The number of hydrogen-bond donors (Lipinski definition) is 1. The maximum absolute atomic E-state index is 13.1. The predicted molar refractivity (Wildman–Crippen MR) is 132 cm³/mol. The van der Waals surface area contributed by atoms with Crippen LogP contribution in [0.3, 0.4) is 0 Å². The Morgan fingerprint density at radius 3 is 2.42 bits per heavy atom. The third-order valence-electron chi connectivity index (χ3n) is 4.89. The number of benzene rings is 2. The molecule has 2 aromatic carbocycles. The lowest BCUT2D eigenvalue weighted by molar-refractivity contribution is -0.138.